The highest BCUT2D eigenvalue weighted by atomic mass is 16.5. The molecule has 2 rings (SSSR count). The van der Waals surface area contributed by atoms with E-state index < -0.39 is 0 Å². The molecule has 3 N–H and O–H groups in total. The van der Waals surface area contributed by atoms with E-state index in [2.05, 4.69) is 15.3 Å². The standard InChI is InChI=1S/C10H16N4O/c1-15-7-5-12-10(13-6-7)14-9-4-2-3-8(9)11/h5-6,8-9H,2-4,11H2,1H3,(H,12,13,14). The molecular formula is C10H16N4O. The Balaban J connectivity index is 1.98. The van der Waals surface area contributed by atoms with E-state index in [1.807, 2.05) is 0 Å². The fraction of sp³-hybridized carbons (Fsp3) is 0.600. The summed E-state index contributed by atoms with van der Waals surface area (Å²) in [5.41, 5.74) is 5.94. The van der Waals surface area contributed by atoms with Gasteiger partial charge in [0.25, 0.3) is 0 Å². The van der Waals surface area contributed by atoms with Crippen molar-refractivity contribution in [1.82, 2.24) is 9.97 Å². The topological polar surface area (TPSA) is 73.1 Å². The van der Waals surface area contributed by atoms with Crippen LogP contribution in [0.4, 0.5) is 5.95 Å². The SMILES string of the molecule is COc1cnc(NC2CCCC2N)nc1. The summed E-state index contributed by atoms with van der Waals surface area (Å²) in [7, 11) is 1.60. The number of nitrogens with two attached hydrogens (primary N) is 1. The lowest BCUT2D eigenvalue weighted by Crippen LogP contribution is -2.35. The Labute approximate surface area is 89.1 Å². The summed E-state index contributed by atoms with van der Waals surface area (Å²) in [6.45, 7) is 0. The van der Waals surface area contributed by atoms with Gasteiger partial charge in [-0.3, -0.25) is 0 Å². The van der Waals surface area contributed by atoms with Crippen LogP contribution in [0.25, 0.3) is 0 Å². The molecule has 0 aliphatic heterocycles. The molecule has 5 nitrogen and oxygen atoms in total. The second-order valence-electron chi connectivity index (χ2n) is 3.79. The van der Waals surface area contributed by atoms with E-state index in [1.54, 1.807) is 19.5 Å². The van der Waals surface area contributed by atoms with Crippen LogP contribution in [0.15, 0.2) is 12.4 Å². The van der Waals surface area contributed by atoms with Gasteiger partial charge >= 0.3 is 0 Å². The van der Waals surface area contributed by atoms with Crippen molar-refractivity contribution >= 4 is 5.95 Å². The summed E-state index contributed by atoms with van der Waals surface area (Å²) in [6, 6.07) is 0.522. The number of aromatic nitrogens is 2. The third-order valence-corrected chi connectivity index (χ3v) is 2.75. The minimum Gasteiger partial charge on any atom is -0.494 e. The van der Waals surface area contributed by atoms with Crippen molar-refractivity contribution in [3.63, 3.8) is 0 Å². The molecule has 0 saturated heterocycles. The molecule has 0 aromatic carbocycles. The minimum absolute atomic E-state index is 0.218. The molecule has 1 aliphatic carbocycles. The molecular weight excluding hydrogens is 192 g/mol. The summed E-state index contributed by atoms with van der Waals surface area (Å²) in [5, 5.41) is 3.24. The molecule has 2 unspecified atom stereocenters. The smallest absolute Gasteiger partial charge is 0.223 e. The van der Waals surface area contributed by atoms with Crippen LogP contribution < -0.4 is 15.8 Å². The normalized spacial score (nSPS) is 25.2. The average Bonchev–Trinajstić information content (AvgIpc) is 2.66. The zero-order chi connectivity index (χ0) is 10.7. The summed E-state index contributed by atoms with van der Waals surface area (Å²) in [5.74, 6) is 1.29. The molecule has 1 saturated carbocycles. The molecule has 82 valence electrons. The number of methoxy groups -OCH3 is 1. The number of anilines is 1. The molecule has 15 heavy (non-hydrogen) atoms. The first-order valence-electron chi connectivity index (χ1n) is 5.18. The Morgan fingerprint density at radius 2 is 2.13 bits per heavy atom. The van der Waals surface area contributed by atoms with E-state index in [4.69, 9.17) is 10.5 Å². The molecule has 1 aromatic heterocycles. The first-order chi connectivity index (χ1) is 7.29. The van der Waals surface area contributed by atoms with Crippen LogP contribution in [0.5, 0.6) is 5.75 Å². The fourth-order valence-electron chi connectivity index (χ4n) is 1.83. The van der Waals surface area contributed by atoms with Crippen LogP contribution in [-0.2, 0) is 0 Å². The van der Waals surface area contributed by atoms with Gasteiger partial charge in [0.15, 0.2) is 5.75 Å². The van der Waals surface area contributed by atoms with Crippen LogP contribution in [0.3, 0.4) is 0 Å². The Hall–Kier alpha value is -1.36. The van der Waals surface area contributed by atoms with E-state index in [1.165, 1.54) is 6.42 Å². The van der Waals surface area contributed by atoms with Gasteiger partial charge in [0.1, 0.15) is 0 Å². The number of nitrogens with one attached hydrogen (secondary N) is 1. The van der Waals surface area contributed by atoms with Crippen LogP contribution in [0.2, 0.25) is 0 Å². The molecule has 0 bridgehead atoms. The van der Waals surface area contributed by atoms with Gasteiger partial charge in [0.05, 0.1) is 19.5 Å². The highest BCUT2D eigenvalue weighted by Crippen LogP contribution is 2.20. The largest absolute Gasteiger partial charge is 0.494 e. The Bertz CT molecular complexity index is 314. The lowest BCUT2D eigenvalue weighted by molar-refractivity contribution is 0.411. The molecule has 0 spiro atoms. The van der Waals surface area contributed by atoms with E-state index in [-0.39, 0.29) is 6.04 Å². The van der Waals surface area contributed by atoms with Gasteiger partial charge in [0.2, 0.25) is 5.95 Å². The second-order valence-corrected chi connectivity index (χ2v) is 3.79. The molecule has 1 fully saturated rings. The van der Waals surface area contributed by atoms with Crippen molar-refractivity contribution in [2.75, 3.05) is 12.4 Å². The number of hydrogen-bond acceptors (Lipinski definition) is 5. The third kappa shape index (κ3) is 2.36. The molecule has 1 aromatic rings. The van der Waals surface area contributed by atoms with Crippen molar-refractivity contribution < 1.29 is 4.74 Å². The quantitative estimate of drug-likeness (QED) is 0.767. The molecule has 0 amide bonds. The van der Waals surface area contributed by atoms with Crippen LogP contribution >= 0.6 is 0 Å². The summed E-state index contributed by atoms with van der Waals surface area (Å²) >= 11 is 0. The Morgan fingerprint density at radius 1 is 1.40 bits per heavy atom. The Kier molecular flexibility index (Phi) is 3.01. The van der Waals surface area contributed by atoms with Crippen molar-refractivity contribution in [2.24, 2.45) is 5.73 Å². The maximum atomic E-state index is 5.94. The van der Waals surface area contributed by atoms with Crippen molar-refractivity contribution in [3.05, 3.63) is 12.4 Å². The highest BCUT2D eigenvalue weighted by molar-refractivity contribution is 5.29. The van der Waals surface area contributed by atoms with E-state index >= 15 is 0 Å². The number of ether oxygens (including phenoxy) is 1. The highest BCUT2D eigenvalue weighted by Gasteiger charge is 2.24. The van der Waals surface area contributed by atoms with Gasteiger partial charge in [-0.2, -0.15) is 0 Å². The number of rotatable bonds is 3. The van der Waals surface area contributed by atoms with Gasteiger partial charge < -0.3 is 15.8 Å². The van der Waals surface area contributed by atoms with Gasteiger partial charge in [-0.05, 0) is 19.3 Å². The van der Waals surface area contributed by atoms with Crippen molar-refractivity contribution in [1.29, 1.82) is 0 Å². The van der Waals surface area contributed by atoms with Crippen molar-refractivity contribution in [3.8, 4) is 5.75 Å². The van der Waals surface area contributed by atoms with Crippen LogP contribution in [-0.4, -0.2) is 29.2 Å². The maximum Gasteiger partial charge on any atom is 0.223 e. The lowest BCUT2D eigenvalue weighted by atomic mass is 10.2. The predicted molar refractivity (Wildman–Crippen MR) is 57.8 cm³/mol. The van der Waals surface area contributed by atoms with E-state index in [0.717, 1.165) is 12.8 Å². The van der Waals surface area contributed by atoms with Gasteiger partial charge in [-0.15, -0.1) is 0 Å². The van der Waals surface area contributed by atoms with Crippen molar-refractivity contribution in [2.45, 2.75) is 31.3 Å². The third-order valence-electron chi connectivity index (χ3n) is 2.75. The summed E-state index contributed by atoms with van der Waals surface area (Å²) in [4.78, 5) is 8.29. The molecule has 5 heteroatoms. The number of hydrogen-bond donors (Lipinski definition) is 2. The van der Waals surface area contributed by atoms with Gasteiger partial charge in [0, 0.05) is 12.1 Å². The second kappa shape index (κ2) is 4.44. The van der Waals surface area contributed by atoms with Gasteiger partial charge in [-0.1, -0.05) is 0 Å². The van der Waals surface area contributed by atoms with Crippen LogP contribution in [0.1, 0.15) is 19.3 Å². The first kappa shape index (κ1) is 10.2. The van der Waals surface area contributed by atoms with Crippen LogP contribution in [0, 0.1) is 0 Å². The first-order valence-corrected chi connectivity index (χ1v) is 5.18. The zero-order valence-electron chi connectivity index (χ0n) is 8.81. The van der Waals surface area contributed by atoms with Gasteiger partial charge in [-0.25, -0.2) is 9.97 Å². The predicted octanol–water partition coefficient (Wildman–Crippen LogP) is 0.777. The van der Waals surface area contributed by atoms with E-state index in [9.17, 15) is 0 Å². The molecule has 0 radical (unpaired) electrons. The summed E-state index contributed by atoms with van der Waals surface area (Å²) in [6.07, 6.45) is 6.64. The fourth-order valence-corrected chi connectivity index (χ4v) is 1.83. The maximum absolute atomic E-state index is 5.94. The Morgan fingerprint density at radius 3 is 2.67 bits per heavy atom. The molecule has 1 aliphatic rings. The average molecular weight is 208 g/mol. The number of nitrogens with zero attached hydrogens (tertiary/aromatic N) is 2. The lowest BCUT2D eigenvalue weighted by Gasteiger charge is -2.16. The van der Waals surface area contributed by atoms with E-state index in [0.29, 0.717) is 17.7 Å². The molecule has 1 heterocycles. The zero-order valence-corrected chi connectivity index (χ0v) is 8.81. The minimum atomic E-state index is 0.218. The monoisotopic (exact) mass is 208 g/mol. The molecule has 2 atom stereocenters. The summed E-state index contributed by atoms with van der Waals surface area (Å²) < 4.78 is 4.98.